The van der Waals surface area contributed by atoms with E-state index in [0.29, 0.717) is 22.6 Å². The van der Waals surface area contributed by atoms with Crippen molar-refractivity contribution in [3.05, 3.63) is 57.8 Å². The third-order valence-electron chi connectivity index (χ3n) is 2.72. The van der Waals surface area contributed by atoms with Gasteiger partial charge in [-0.25, -0.2) is 4.39 Å². The van der Waals surface area contributed by atoms with Gasteiger partial charge in [0.05, 0.1) is 10.6 Å². The Bertz CT molecular complexity index is 602. The summed E-state index contributed by atoms with van der Waals surface area (Å²) in [7, 11) is 0. The lowest BCUT2D eigenvalue weighted by Gasteiger charge is -2.03. The molecule has 0 saturated heterocycles. The van der Waals surface area contributed by atoms with E-state index in [-0.39, 0.29) is 17.2 Å². The molecule has 18 heavy (non-hydrogen) atoms. The average Bonchev–Trinajstić information content (AvgIpc) is 2.64. The Morgan fingerprint density at radius 3 is 2.72 bits per heavy atom. The zero-order valence-corrected chi connectivity index (χ0v) is 10.8. The first-order chi connectivity index (χ1) is 8.49. The molecule has 0 saturated carbocycles. The second-order valence-corrected chi connectivity index (χ2v) is 4.55. The van der Waals surface area contributed by atoms with E-state index in [1.54, 1.807) is 32.0 Å². The molecule has 1 aromatic carbocycles. The van der Waals surface area contributed by atoms with Gasteiger partial charge in [-0.2, -0.15) is 0 Å². The van der Waals surface area contributed by atoms with Crippen molar-refractivity contribution in [1.29, 1.82) is 0 Å². The summed E-state index contributed by atoms with van der Waals surface area (Å²) >= 11 is 5.67. The number of ketones is 1. The van der Waals surface area contributed by atoms with Crippen molar-refractivity contribution in [2.75, 3.05) is 0 Å². The number of rotatable bonds is 3. The van der Waals surface area contributed by atoms with E-state index < -0.39 is 5.82 Å². The van der Waals surface area contributed by atoms with Crippen LogP contribution in [0.2, 0.25) is 5.02 Å². The SMILES string of the molecule is Cc1cc(C(=O)Cc2cccc(Cl)c2F)c(C)o1. The van der Waals surface area contributed by atoms with Gasteiger partial charge in [0, 0.05) is 6.42 Å². The zero-order valence-electron chi connectivity index (χ0n) is 10.1. The minimum Gasteiger partial charge on any atom is -0.466 e. The number of aryl methyl sites for hydroxylation is 2. The second kappa shape index (κ2) is 4.94. The molecule has 1 heterocycles. The van der Waals surface area contributed by atoms with Crippen molar-refractivity contribution in [2.24, 2.45) is 0 Å². The first-order valence-electron chi connectivity index (χ1n) is 5.52. The van der Waals surface area contributed by atoms with E-state index >= 15 is 0 Å². The van der Waals surface area contributed by atoms with Crippen LogP contribution in [0.25, 0.3) is 0 Å². The molecule has 0 radical (unpaired) electrons. The Kier molecular flexibility index (Phi) is 3.53. The van der Waals surface area contributed by atoms with Crippen LogP contribution in [0.5, 0.6) is 0 Å². The Morgan fingerprint density at radius 2 is 2.11 bits per heavy atom. The van der Waals surface area contributed by atoms with Gasteiger partial charge < -0.3 is 4.42 Å². The fourth-order valence-corrected chi connectivity index (χ4v) is 2.05. The molecule has 0 aliphatic rings. The van der Waals surface area contributed by atoms with Crippen molar-refractivity contribution in [2.45, 2.75) is 20.3 Å². The van der Waals surface area contributed by atoms with Crippen molar-refractivity contribution in [3.63, 3.8) is 0 Å². The fraction of sp³-hybridized carbons (Fsp3) is 0.214. The summed E-state index contributed by atoms with van der Waals surface area (Å²) < 4.78 is 19.0. The number of hydrogen-bond donors (Lipinski definition) is 0. The second-order valence-electron chi connectivity index (χ2n) is 4.14. The molecule has 4 heteroatoms. The van der Waals surface area contributed by atoms with Crippen molar-refractivity contribution in [1.82, 2.24) is 0 Å². The van der Waals surface area contributed by atoms with Gasteiger partial charge in [-0.3, -0.25) is 4.79 Å². The Morgan fingerprint density at radius 1 is 1.39 bits per heavy atom. The Balaban J connectivity index is 2.27. The Hall–Kier alpha value is -1.61. The topological polar surface area (TPSA) is 30.2 Å². The number of carbonyl (C=O) groups is 1. The van der Waals surface area contributed by atoms with E-state index in [4.69, 9.17) is 16.0 Å². The van der Waals surface area contributed by atoms with Crippen molar-refractivity contribution >= 4 is 17.4 Å². The molecule has 0 bridgehead atoms. The lowest BCUT2D eigenvalue weighted by molar-refractivity contribution is 0.0990. The minimum absolute atomic E-state index is 0.0216. The van der Waals surface area contributed by atoms with Gasteiger partial charge in [0.15, 0.2) is 5.78 Å². The number of carbonyl (C=O) groups excluding carboxylic acids is 1. The predicted molar refractivity (Wildman–Crippen MR) is 67.6 cm³/mol. The molecule has 0 fully saturated rings. The summed E-state index contributed by atoms with van der Waals surface area (Å²) in [5.74, 6) is 0.512. The van der Waals surface area contributed by atoms with Gasteiger partial charge in [-0.05, 0) is 31.5 Å². The first-order valence-corrected chi connectivity index (χ1v) is 5.90. The molecule has 0 amide bonds. The molecule has 2 nitrogen and oxygen atoms in total. The minimum atomic E-state index is -0.537. The van der Waals surface area contributed by atoms with Gasteiger partial charge in [-0.1, -0.05) is 23.7 Å². The number of hydrogen-bond acceptors (Lipinski definition) is 2. The molecule has 0 spiro atoms. The van der Waals surface area contributed by atoms with Crippen molar-refractivity contribution < 1.29 is 13.6 Å². The Labute approximate surface area is 109 Å². The maximum Gasteiger partial charge on any atom is 0.170 e. The van der Waals surface area contributed by atoms with Crippen LogP contribution >= 0.6 is 11.6 Å². The van der Waals surface area contributed by atoms with E-state index in [1.165, 1.54) is 6.07 Å². The van der Waals surface area contributed by atoms with Gasteiger partial charge >= 0.3 is 0 Å². The maximum atomic E-state index is 13.7. The molecule has 0 aliphatic heterocycles. The molecule has 2 aromatic rings. The molecular formula is C14H12ClFO2. The van der Waals surface area contributed by atoms with E-state index in [2.05, 4.69) is 0 Å². The maximum absolute atomic E-state index is 13.7. The monoisotopic (exact) mass is 266 g/mol. The van der Waals surface area contributed by atoms with E-state index in [1.807, 2.05) is 0 Å². The fourth-order valence-electron chi connectivity index (χ4n) is 1.86. The third kappa shape index (κ3) is 2.46. The molecule has 0 N–H and O–H groups in total. The number of furan rings is 1. The highest BCUT2D eigenvalue weighted by atomic mass is 35.5. The number of Topliss-reactive ketones (excluding diaryl/α,β-unsaturated/α-hetero) is 1. The smallest absolute Gasteiger partial charge is 0.170 e. The molecule has 94 valence electrons. The van der Waals surface area contributed by atoms with Gasteiger partial charge in [0.25, 0.3) is 0 Å². The summed E-state index contributed by atoms with van der Waals surface area (Å²) in [5.41, 5.74) is 0.789. The van der Waals surface area contributed by atoms with Crippen LogP contribution in [0.15, 0.2) is 28.7 Å². The zero-order chi connectivity index (χ0) is 13.3. The normalized spacial score (nSPS) is 10.7. The largest absolute Gasteiger partial charge is 0.466 e. The highest BCUT2D eigenvalue weighted by Gasteiger charge is 2.16. The number of benzene rings is 1. The summed E-state index contributed by atoms with van der Waals surface area (Å²) in [5, 5.41) is 0.0281. The molecule has 2 rings (SSSR count). The van der Waals surface area contributed by atoms with Gasteiger partial charge in [0.2, 0.25) is 0 Å². The lowest BCUT2D eigenvalue weighted by Crippen LogP contribution is -2.05. The van der Waals surface area contributed by atoms with Crippen molar-refractivity contribution in [3.8, 4) is 0 Å². The summed E-state index contributed by atoms with van der Waals surface area (Å²) in [4.78, 5) is 12.0. The quantitative estimate of drug-likeness (QED) is 0.783. The molecule has 0 atom stereocenters. The third-order valence-corrected chi connectivity index (χ3v) is 3.02. The number of halogens is 2. The van der Waals surface area contributed by atoms with E-state index in [0.717, 1.165) is 0 Å². The van der Waals surface area contributed by atoms with E-state index in [9.17, 15) is 9.18 Å². The lowest BCUT2D eigenvalue weighted by atomic mass is 10.0. The van der Waals surface area contributed by atoms with Crippen LogP contribution in [0, 0.1) is 19.7 Å². The summed E-state index contributed by atoms with van der Waals surface area (Å²) in [6.07, 6.45) is -0.0216. The average molecular weight is 267 g/mol. The first kappa shape index (κ1) is 12.8. The molecule has 0 unspecified atom stereocenters. The summed E-state index contributed by atoms with van der Waals surface area (Å²) in [6, 6.07) is 6.31. The standard InChI is InChI=1S/C14H12ClFO2/c1-8-6-11(9(2)18-8)13(17)7-10-4-3-5-12(15)14(10)16/h3-6H,7H2,1-2H3. The van der Waals surface area contributed by atoms with Crippen LogP contribution in [0.4, 0.5) is 4.39 Å². The molecular weight excluding hydrogens is 255 g/mol. The highest BCUT2D eigenvalue weighted by molar-refractivity contribution is 6.30. The van der Waals surface area contributed by atoms with Crippen LogP contribution in [0.3, 0.4) is 0 Å². The van der Waals surface area contributed by atoms with Gasteiger partial charge in [-0.15, -0.1) is 0 Å². The van der Waals surface area contributed by atoms with Crippen LogP contribution in [-0.2, 0) is 6.42 Å². The molecule has 0 aliphatic carbocycles. The van der Waals surface area contributed by atoms with Gasteiger partial charge in [0.1, 0.15) is 17.3 Å². The van der Waals surface area contributed by atoms with Crippen LogP contribution in [-0.4, -0.2) is 5.78 Å². The van der Waals surface area contributed by atoms with Crippen LogP contribution < -0.4 is 0 Å². The molecule has 1 aromatic heterocycles. The highest BCUT2D eigenvalue weighted by Crippen LogP contribution is 2.21. The predicted octanol–water partition coefficient (Wildman–Crippen LogP) is 4.11. The van der Waals surface area contributed by atoms with Crippen LogP contribution in [0.1, 0.15) is 27.4 Å². The summed E-state index contributed by atoms with van der Waals surface area (Å²) in [6.45, 7) is 3.48.